The van der Waals surface area contributed by atoms with Crippen molar-refractivity contribution in [3.63, 3.8) is 0 Å². The van der Waals surface area contributed by atoms with E-state index in [1.807, 2.05) is 0 Å². The Morgan fingerprint density at radius 1 is 1.10 bits per heavy atom. The van der Waals surface area contributed by atoms with Crippen LogP contribution in [0.5, 0.6) is 0 Å². The van der Waals surface area contributed by atoms with Crippen LogP contribution in [0.15, 0.2) is 16.6 Å². The van der Waals surface area contributed by atoms with Gasteiger partial charge >= 0.3 is 0 Å². The normalized spacial score (nSPS) is 10.9. The molecular formula is C15H16BrClN2O. The Bertz CT molecular complexity index is 659. The van der Waals surface area contributed by atoms with Gasteiger partial charge < -0.3 is 4.74 Å². The Labute approximate surface area is 132 Å². The molecule has 0 aliphatic carbocycles. The van der Waals surface area contributed by atoms with Crippen molar-refractivity contribution < 1.29 is 4.74 Å². The number of nitrogens with zero attached hydrogens (tertiary/aromatic N) is 2. The van der Waals surface area contributed by atoms with E-state index in [1.165, 1.54) is 11.1 Å². The Balaban J connectivity index is 2.61. The lowest BCUT2D eigenvalue weighted by Crippen LogP contribution is -2.01. The second kappa shape index (κ2) is 6.20. The van der Waals surface area contributed by atoms with Gasteiger partial charge in [-0.3, -0.25) is 0 Å². The van der Waals surface area contributed by atoms with E-state index >= 15 is 0 Å². The Hall–Kier alpha value is -0.970. The predicted octanol–water partition coefficient (Wildman–Crippen LogP) is 4.63. The van der Waals surface area contributed by atoms with Crippen LogP contribution in [-0.2, 0) is 11.3 Å². The molecule has 0 saturated heterocycles. The average molecular weight is 356 g/mol. The molecule has 0 saturated carbocycles. The fourth-order valence-corrected chi connectivity index (χ4v) is 2.50. The molecule has 0 amide bonds. The SMILES string of the molecule is COCc1nc(-c2cc(C)c(C)cc2C)nc(Cl)c1Br. The number of halogens is 2. The summed E-state index contributed by atoms with van der Waals surface area (Å²) in [5.41, 5.74) is 5.35. The number of methoxy groups -OCH3 is 1. The first-order valence-corrected chi connectivity index (χ1v) is 7.40. The third-order valence-electron chi connectivity index (χ3n) is 3.24. The van der Waals surface area contributed by atoms with E-state index in [9.17, 15) is 0 Å². The molecule has 1 heterocycles. The zero-order valence-electron chi connectivity index (χ0n) is 11.9. The molecule has 3 nitrogen and oxygen atoms in total. The first kappa shape index (κ1) is 15.4. The summed E-state index contributed by atoms with van der Waals surface area (Å²) in [4.78, 5) is 8.93. The molecule has 106 valence electrons. The van der Waals surface area contributed by atoms with Gasteiger partial charge in [0.15, 0.2) is 5.82 Å². The van der Waals surface area contributed by atoms with Crippen LogP contribution >= 0.6 is 27.5 Å². The van der Waals surface area contributed by atoms with E-state index in [0.29, 0.717) is 22.1 Å². The van der Waals surface area contributed by atoms with Crippen molar-refractivity contribution in [3.05, 3.63) is 44.1 Å². The quantitative estimate of drug-likeness (QED) is 0.753. The second-order valence-corrected chi connectivity index (χ2v) is 5.93. The minimum atomic E-state index is 0.389. The summed E-state index contributed by atoms with van der Waals surface area (Å²) in [6.45, 7) is 6.61. The predicted molar refractivity (Wildman–Crippen MR) is 85.1 cm³/mol. The molecule has 0 aliphatic heterocycles. The topological polar surface area (TPSA) is 35.0 Å². The van der Waals surface area contributed by atoms with Crippen LogP contribution < -0.4 is 0 Å². The highest BCUT2D eigenvalue weighted by atomic mass is 79.9. The van der Waals surface area contributed by atoms with Gasteiger partial charge in [-0.1, -0.05) is 17.7 Å². The summed E-state index contributed by atoms with van der Waals surface area (Å²) >= 11 is 9.57. The number of ether oxygens (including phenoxy) is 1. The van der Waals surface area contributed by atoms with E-state index in [2.05, 4.69) is 58.8 Å². The monoisotopic (exact) mass is 354 g/mol. The Kier molecular flexibility index (Phi) is 4.78. The molecule has 0 spiro atoms. The van der Waals surface area contributed by atoms with E-state index in [-0.39, 0.29) is 0 Å². The number of benzene rings is 1. The number of hydrogen-bond acceptors (Lipinski definition) is 3. The highest BCUT2D eigenvalue weighted by Crippen LogP contribution is 2.29. The molecule has 0 unspecified atom stereocenters. The zero-order valence-corrected chi connectivity index (χ0v) is 14.3. The molecule has 2 rings (SSSR count). The van der Waals surface area contributed by atoms with Crippen molar-refractivity contribution in [1.82, 2.24) is 9.97 Å². The summed E-state index contributed by atoms with van der Waals surface area (Å²) in [6.07, 6.45) is 0. The van der Waals surface area contributed by atoms with Gasteiger partial charge in [-0.25, -0.2) is 9.97 Å². The van der Waals surface area contributed by atoms with Crippen LogP contribution in [0.2, 0.25) is 5.15 Å². The van der Waals surface area contributed by atoms with Crippen LogP contribution in [0.4, 0.5) is 0 Å². The largest absolute Gasteiger partial charge is 0.378 e. The van der Waals surface area contributed by atoms with Gasteiger partial charge in [0, 0.05) is 12.7 Å². The van der Waals surface area contributed by atoms with Crippen LogP contribution in [-0.4, -0.2) is 17.1 Å². The molecule has 0 N–H and O–H groups in total. The number of aryl methyl sites for hydroxylation is 3. The van der Waals surface area contributed by atoms with Crippen molar-refractivity contribution in [2.24, 2.45) is 0 Å². The lowest BCUT2D eigenvalue weighted by Gasteiger charge is -2.11. The zero-order chi connectivity index (χ0) is 14.9. The third-order valence-corrected chi connectivity index (χ3v) is 4.58. The molecule has 0 bridgehead atoms. The molecule has 20 heavy (non-hydrogen) atoms. The number of hydrogen-bond donors (Lipinski definition) is 0. The molecule has 5 heteroatoms. The van der Waals surface area contributed by atoms with Crippen LogP contribution in [0.1, 0.15) is 22.4 Å². The molecular weight excluding hydrogens is 340 g/mol. The standard InChI is InChI=1S/C15H16BrClN2O/c1-8-5-10(3)11(6-9(8)2)15-18-12(7-20-4)13(16)14(17)19-15/h5-6H,7H2,1-4H3. The van der Waals surface area contributed by atoms with Crippen molar-refractivity contribution >= 4 is 27.5 Å². The maximum absolute atomic E-state index is 6.17. The van der Waals surface area contributed by atoms with Crippen molar-refractivity contribution in [3.8, 4) is 11.4 Å². The summed E-state index contributed by atoms with van der Waals surface area (Å²) in [5.74, 6) is 0.630. The highest BCUT2D eigenvalue weighted by Gasteiger charge is 2.14. The van der Waals surface area contributed by atoms with Crippen molar-refractivity contribution in [2.75, 3.05) is 7.11 Å². The van der Waals surface area contributed by atoms with Crippen LogP contribution in [0.3, 0.4) is 0 Å². The van der Waals surface area contributed by atoms with Crippen LogP contribution in [0, 0.1) is 20.8 Å². The maximum atomic E-state index is 6.17. The van der Waals surface area contributed by atoms with Gasteiger partial charge in [0.05, 0.1) is 16.8 Å². The van der Waals surface area contributed by atoms with E-state index in [0.717, 1.165) is 16.8 Å². The van der Waals surface area contributed by atoms with Gasteiger partial charge in [-0.05, 0) is 59.5 Å². The molecule has 1 aromatic carbocycles. The molecule has 0 radical (unpaired) electrons. The van der Waals surface area contributed by atoms with Gasteiger partial charge in [0.2, 0.25) is 0 Å². The average Bonchev–Trinajstić information content (AvgIpc) is 2.39. The first-order chi connectivity index (χ1) is 9.43. The Morgan fingerprint density at radius 3 is 2.40 bits per heavy atom. The minimum absolute atomic E-state index is 0.389. The third kappa shape index (κ3) is 3.03. The minimum Gasteiger partial charge on any atom is -0.378 e. The fourth-order valence-electron chi connectivity index (χ4n) is 2.02. The summed E-state index contributed by atoms with van der Waals surface area (Å²) in [5, 5.41) is 0.402. The van der Waals surface area contributed by atoms with Crippen molar-refractivity contribution in [1.29, 1.82) is 0 Å². The molecule has 1 aromatic heterocycles. The van der Waals surface area contributed by atoms with E-state index in [4.69, 9.17) is 16.3 Å². The van der Waals surface area contributed by atoms with Gasteiger partial charge in [-0.15, -0.1) is 0 Å². The summed E-state index contributed by atoms with van der Waals surface area (Å²) in [7, 11) is 1.63. The number of aromatic nitrogens is 2. The van der Waals surface area contributed by atoms with Crippen LogP contribution in [0.25, 0.3) is 11.4 Å². The first-order valence-electron chi connectivity index (χ1n) is 6.23. The van der Waals surface area contributed by atoms with E-state index < -0.39 is 0 Å². The fraction of sp³-hybridized carbons (Fsp3) is 0.333. The molecule has 2 aromatic rings. The van der Waals surface area contributed by atoms with Gasteiger partial charge in [0.1, 0.15) is 5.15 Å². The van der Waals surface area contributed by atoms with Gasteiger partial charge in [0.25, 0.3) is 0 Å². The summed E-state index contributed by atoms with van der Waals surface area (Å²) in [6, 6.07) is 4.24. The van der Waals surface area contributed by atoms with Crippen molar-refractivity contribution in [2.45, 2.75) is 27.4 Å². The Morgan fingerprint density at radius 2 is 1.75 bits per heavy atom. The smallest absolute Gasteiger partial charge is 0.161 e. The van der Waals surface area contributed by atoms with E-state index in [1.54, 1.807) is 7.11 Å². The van der Waals surface area contributed by atoms with Gasteiger partial charge in [-0.2, -0.15) is 0 Å². The highest BCUT2D eigenvalue weighted by molar-refractivity contribution is 9.10. The molecule has 0 fully saturated rings. The number of rotatable bonds is 3. The molecule has 0 atom stereocenters. The molecule has 0 aliphatic rings. The maximum Gasteiger partial charge on any atom is 0.161 e. The summed E-state index contributed by atoms with van der Waals surface area (Å²) < 4.78 is 5.84. The lowest BCUT2D eigenvalue weighted by molar-refractivity contribution is 0.181. The lowest BCUT2D eigenvalue weighted by atomic mass is 10.0. The second-order valence-electron chi connectivity index (χ2n) is 4.78.